The van der Waals surface area contributed by atoms with Crippen molar-refractivity contribution in [2.45, 2.75) is 32.1 Å². The lowest BCUT2D eigenvalue weighted by atomic mass is 10.2. The van der Waals surface area contributed by atoms with Crippen molar-refractivity contribution in [2.24, 2.45) is 5.10 Å². The molecule has 1 aliphatic rings. The van der Waals surface area contributed by atoms with Crippen LogP contribution in [0.15, 0.2) is 23.3 Å². The molecule has 22 heavy (non-hydrogen) atoms. The van der Waals surface area contributed by atoms with Crippen LogP contribution < -0.4 is 14.5 Å². The van der Waals surface area contributed by atoms with Crippen LogP contribution in [0, 0.1) is 0 Å². The molecular formula is C14H16F2N2O3S. The Hall–Kier alpha value is -1.83. The van der Waals surface area contributed by atoms with E-state index in [1.807, 2.05) is 6.92 Å². The summed E-state index contributed by atoms with van der Waals surface area (Å²) in [4.78, 5) is 12.2. The third-order valence-electron chi connectivity index (χ3n) is 2.86. The summed E-state index contributed by atoms with van der Waals surface area (Å²) in [6, 6.07) is 4.15. The van der Waals surface area contributed by atoms with Crippen molar-refractivity contribution in [2.75, 3.05) is 11.6 Å². The van der Waals surface area contributed by atoms with Gasteiger partial charge < -0.3 is 9.47 Å². The highest BCUT2D eigenvalue weighted by Crippen LogP contribution is 2.36. The number of nitrogens with zero attached hydrogens (tertiary/aromatic N) is 2. The van der Waals surface area contributed by atoms with E-state index in [4.69, 9.17) is 4.74 Å². The second-order valence-corrected chi connectivity index (χ2v) is 5.54. The maximum Gasteiger partial charge on any atom is 0.387 e. The Kier molecular flexibility index (Phi) is 5.59. The summed E-state index contributed by atoms with van der Waals surface area (Å²) in [7, 11) is 0. The number of carbonyl (C=O) groups is 1. The third kappa shape index (κ3) is 3.88. The first-order valence-electron chi connectivity index (χ1n) is 6.81. The average Bonchev–Trinajstić information content (AvgIpc) is 2.48. The molecule has 1 aromatic carbocycles. The number of halogens is 2. The van der Waals surface area contributed by atoms with Crippen molar-refractivity contribution in [3.8, 4) is 11.5 Å². The zero-order chi connectivity index (χ0) is 16.1. The molecule has 1 aliphatic heterocycles. The van der Waals surface area contributed by atoms with Crippen molar-refractivity contribution in [1.82, 2.24) is 0 Å². The van der Waals surface area contributed by atoms with Crippen LogP contribution in [0.3, 0.4) is 0 Å². The van der Waals surface area contributed by atoms with Crippen LogP contribution in [0.2, 0.25) is 0 Å². The summed E-state index contributed by atoms with van der Waals surface area (Å²) in [6.45, 7) is 1.13. The molecule has 0 bridgehead atoms. The average molecular weight is 330 g/mol. The highest BCUT2D eigenvalue weighted by Gasteiger charge is 2.26. The smallest absolute Gasteiger partial charge is 0.387 e. The Bertz CT molecular complexity index is 569. The molecular weight excluding hydrogens is 314 g/mol. The standard InChI is InChI=1S/C14H16F2N2O3S/c1-3-10-8-17-18(14(19)22-10)11-6-5-9(21-13(15)16)7-12(11)20-4-2/h5-8,10,13H,3-4H2,1-2H3. The van der Waals surface area contributed by atoms with Crippen molar-refractivity contribution in [3.63, 3.8) is 0 Å². The molecule has 0 saturated heterocycles. The summed E-state index contributed by atoms with van der Waals surface area (Å²) >= 11 is 1.16. The number of alkyl halides is 2. The van der Waals surface area contributed by atoms with Gasteiger partial charge in [-0.05, 0) is 25.5 Å². The van der Waals surface area contributed by atoms with E-state index >= 15 is 0 Å². The molecule has 1 heterocycles. The van der Waals surface area contributed by atoms with E-state index in [2.05, 4.69) is 9.84 Å². The minimum atomic E-state index is -2.92. The van der Waals surface area contributed by atoms with Gasteiger partial charge in [-0.1, -0.05) is 18.7 Å². The molecule has 0 aliphatic carbocycles. The van der Waals surface area contributed by atoms with Crippen molar-refractivity contribution in [1.29, 1.82) is 0 Å². The fourth-order valence-electron chi connectivity index (χ4n) is 1.86. The van der Waals surface area contributed by atoms with Crippen molar-refractivity contribution in [3.05, 3.63) is 18.2 Å². The lowest BCUT2D eigenvalue weighted by Gasteiger charge is -2.25. The molecule has 5 nitrogen and oxygen atoms in total. The minimum Gasteiger partial charge on any atom is -0.491 e. The van der Waals surface area contributed by atoms with Crippen LogP contribution in [0.1, 0.15) is 20.3 Å². The van der Waals surface area contributed by atoms with Crippen LogP contribution in [0.25, 0.3) is 0 Å². The molecule has 2 rings (SSSR count). The molecule has 1 unspecified atom stereocenters. The highest BCUT2D eigenvalue weighted by molar-refractivity contribution is 8.15. The van der Waals surface area contributed by atoms with Gasteiger partial charge in [0.2, 0.25) is 0 Å². The predicted molar refractivity (Wildman–Crippen MR) is 82.3 cm³/mol. The number of anilines is 1. The number of hydrogen-bond donors (Lipinski definition) is 0. The summed E-state index contributed by atoms with van der Waals surface area (Å²) < 4.78 is 34.3. The van der Waals surface area contributed by atoms with E-state index < -0.39 is 6.61 Å². The topological polar surface area (TPSA) is 51.1 Å². The number of ether oxygens (including phenoxy) is 2. The predicted octanol–water partition coefficient (Wildman–Crippen LogP) is 4.12. The fraction of sp³-hybridized carbons (Fsp3) is 0.429. The number of hydrogen-bond acceptors (Lipinski definition) is 5. The van der Waals surface area contributed by atoms with E-state index in [9.17, 15) is 13.6 Å². The zero-order valence-electron chi connectivity index (χ0n) is 12.2. The molecule has 1 amide bonds. The van der Waals surface area contributed by atoms with Crippen LogP contribution in [0.5, 0.6) is 11.5 Å². The second-order valence-electron chi connectivity index (χ2n) is 4.35. The monoisotopic (exact) mass is 330 g/mol. The Morgan fingerprint density at radius 2 is 2.18 bits per heavy atom. The Labute approximate surface area is 131 Å². The Morgan fingerprint density at radius 1 is 1.41 bits per heavy atom. The summed E-state index contributed by atoms with van der Waals surface area (Å²) in [5.74, 6) is 0.233. The molecule has 0 aromatic heterocycles. The van der Waals surface area contributed by atoms with E-state index in [0.29, 0.717) is 12.3 Å². The molecule has 120 valence electrons. The highest BCUT2D eigenvalue weighted by atomic mass is 32.2. The Balaban J connectivity index is 2.31. The van der Waals surface area contributed by atoms with E-state index in [1.165, 1.54) is 23.2 Å². The quantitative estimate of drug-likeness (QED) is 0.787. The number of hydrazone groups is 1. The maximum absolute atomic E-state index is 12.3. The number of amides is 1. The fourth-order valence-corrected chi connectivity index (χ4v) is 2.65. The second kappa shape index (κ2) is 7.44. The van der Waals surface area contributed by atoms with Crippen molar-refractivity contribution >= 4 is 28.9 Å². The molecule has 0 fully saturated rings. The first kappa shape index (κ1) is 16.5. The van der Waals surface area contributed by atoms with Gasteiger partial charge in [0, 0.05) is 12.3 Å². The summed E-state index contributed by atoms with van der Waals surface area (Å²) in [5.41, 5.74) is 0.395. The molecule has 0 spiro atoms. The van der Waals surface area contributed by atoms with Gasteiger partial charge in [-0.15, -0.1) is 0 Å². The first-order chi connectivity index (χ1) is 10.5. The van der Waals surface area contributed by atoms with Gasteiger partial charge in [-0.3, -0.25) is 4.79 Å². The molecule has 0 saturated carbocycles. The minimum absolute atomic E-state index is 0.0327. The number of thioether (sulfide) groups is 1. The van der Waals surface area contributed by atoms with Gasteiger partial charge in [0.1, 0.15) is 17.2 Å². The van der Waals surface area contributed by atoms with E-state index in [0.717, 1.165) is 18.2 Å². The molecule has 1 aromatic rings. The molecule has 0 radical (unpaired) electrons. The Morgan fingerprint density at radius 3 is 2.77 bits per heavy atom. The van der Waals surface area contributed by atoms with Crippen LogP contribution in [0.4, 0.5) is 19.3 Å². The zero-order valence-corrected chi connectivity index (χ0v) is 13.0. The van der Waals surface area contributed by atoms with Crippen LogP contribution in [-0.4, -0.2) is 29.9 Å². The van der Waals surface area contributed by atoms with E-state index in [-0.39, 0.29) is 22.0 Å². The van der Waals surface area contributed by atoms with Crippen molar-refractivity contribution < 1.29 is 23.0 Å². The van der Waals surface area contributed by atoms with Gasteiger partial charge in [0.05, 0.1) is 11.9 Å². The third-order valence-corrected chi connectivity index (χ3v) is 3.99. The van der Waals surface area contributed by atoms with Gasteiger partial charge in [0.25, 0.3) is 0 Å². The largest absolute Gasteiger partial charge is 0.491 e. The van der Waals surface area contributed by atoms with Gasteiger partial charge in [0.15, 0.2) is 0 Å². The molecule has 8 heteroatoms. The van der Waals surface area contributed by atoms with Gasteiger partial charge in [-0.25, -0.2) is 0 Å². The van der Waals surface area contributed by atoms with Crippen LogP contribution in [-0.2, 0) is 0 Å². The summed E-state index contributed by atoms with van der Waals surface area (Å²) in [6.07, 6.45) is 2.48. The molecule has 1 atom stereocenters. The van der Waals surface area contributed by atoms with Gasteiger partial charge in [-0.2, -0.15) is 18.9 Å². The summed E-state index contributed by atoms with van der Waals surface area (Å²) in [5, 5.41) is 5.14. The lowest BCUT2D eigenvalue weighted by Crippen LogP contribution is -2.29. The molecule has 0 N–H and O–H groups in total. The number of rotatable bonds is 6. The SMILES string of the molecule is CCOc1cc(OC(F)F)ccc1N1N=CC(CC)SC1=O. The number of carbonyl (C=O) groups excluding carboxylic acids is 1. The van der Waals surface area contributed by atoms with E-state index in [1.54, 1.807) is 13.1 Å². The number of benzene rings is 1. The maximum atomic E-state index is 12.3. The first-order valence-corrected chi connectivity index (χ1v) is 7.69. The lowest BCUT2D eigenvalue weighted by molar-refractivity contribution is -0.0499. The normalized spacial score (nSPS) is 18.0. The van der Waals surface area contributed by atoms with Gasteiger partial charge >= 0.3 is 11.9 Å². The van der Waals surface area contributed by atoms with Crippen LogP contribution >= 0.6 is 11.8 Å².